The number of carbonyl (C=O) groups is 2. The molecule has 0 spiro atoms. The Bertz CT molecular complexity index is 1110. The van der Waals surface area contributed by atoms with Gasteiger partial charge >= 0.3 is 6.09 Å². The van der Waals surface area contributed by atoms with Gasteiger partial charge in [-0.25, -0.2) is 9.78 Å². The van der Waals surface area contributed by atoms with Gasteiger partial charge in [-0.1, -0.05) is 23.7 Å². The quantitative estimate of drug-likeness (QED) is 0.592. The summed E-state index contributed by atoms with van der Waals surface area (Å²) in [6, 6.07) is 7.88. The fraction of sp³-hybridized carbons (Fsp3) is 0.538. The molecule has 9 nitrogen and oxygen atoms in total. The third kappa shape index (κ3) is 5.67. The van der Waals surface area contributed by atoms with Crippen LogP contribution < -0.4 is 10.2 Å². The van der Waals surface area contributed by atoms with E-state index in [-0.39, 0.29) is 23.6 Å². The van der Waals surface area contributed by atoms with Gasteiger partial charge in [0.05, 0.1) is 13.2 Å². The highest BCUT2D eigenvalue weighted by atomic mass is 35.5. The summed E-state index contributed by atoms with van der Waals surface area (Å²) in [6.45, 7) is 13.0. The number of hydrogen-bond donors (Lipinski definition) is 1. The van der Waals surface area contributed by atoms with Crippen LogP contribution in [0.1, 0.15) is 56.2 Å². The van der Waals surface area contributed by atoms with E-state index >= 15 is 0 Å². The summed E-state index contributed by atoms with van der Waals surface area (Å²) in [5, 5.41) is 4.32. The zero-order valence-electron chi connectivity index (χ0n) is 21.7. The van der Waals surface area contributed by atoms with E-state index in [4.69, 9.17) is 26.3 Å². The normalized spacial score (nSPS) is 16.0. The topological polar surface area (TPSA) is 90.9 Å². The molecule has 0 atom stereocenters. The second kappa shape index (κ2) is 10.5. The molecule has 4 rings (SSSR count). The van der Waals surface area contributed by atoms with Crippen molar-refractivity contribution in [1.29, 1.82) is 0 Å². The third-order valence-electron chi connectivity index (χ3n) is 6.52. The van der Waals surface area contributed by atoms with Crippen LogP contribution in [0.3, 0.4) is 0 Å². The van der Waals surface area contributed by atoms with E-state index in [1.807, 2.05) is 47.9 Å². The van der Waals surface area contributed by atoms with Crippen molar-refractivity contribution in [2.24, 2.45) is 0 Å². The van der Waals surface area contributed by atoms with Crippen molar-refractivity contribution >= 4 is 35.4 Å². The second-order valence-electron chi connectivity index (χ2n) is 10.2. The van der Waals surface area contributed by atoms with E-state index in [0.29, 0.717) is 61.8 Å². The van der Waals surface area contributed by atoms with Gasteiger partial charge in [-0.3, -0.25) is 4.79 Å². The van der Waals surface area contributed by atoms with Gasteiger partial charge in [0.25, 0.3) is 5.91 Å². The Morgan fingerprint density at radius 3 is 2.42 bits per heavy atom. The molecule has 2 aliphatic rings. The lowest BCUT2D eigenvalue weighted by atomic mass is 9.94. The van der Waals surface area contributed by atoms with Crippen molar-refractivity contribution in [1.82, 2.24) is 19.8 Å². The Balaban J connectivity index is 1.60. The van der Waals surface area contributed by atoms with Crippen LogP contribution in [0.25, 0.3) is 0 Å². The minimum atomic E-state index is -0.343. The summed E-state index contributed by atoms with van der Waals surface area (Å²) >= 11 is 6.06. The first kappa shape index (κ1) is 26.0. The Hall–Kier alpha value is -3.07. The smallest absolute Gasteiger partial charge is 0.409 e. The van der Waals surface area contributed by atoms with Gasteiger partial charge in [0, 0.05) is 48.3 Å². The summed E-state index contributed by atoms with van der Waals surface area (Å²) in [6.07, 6.45) is 0.444. The van der Waals surface area contributed by atoms with Crippen LogP contribution in [0.4, 0.5) is 16.6 Å². The molecule has 0 aliphatic carbocycles. The van der Waals surface area contributed by atoms with Crippen LogP contribution in [0, 0.1) is 0 Å². The van der Waals surface area contributed by atoms with Gasteiger partial charge in [-0.15, -0.1) is 0 Å². The average Bonchev–Trinajstić information content (AvgIpc) is 3.17. The molecule has 1 fully saturated rings. The first-order valence-corrected chi connectivity index (χ1v) is 12.9. The van der Waals surface area contributed by atoms with Crippen LogP contribution >= 0.6 is 11.6 Å². The molecule has 1 aromatic carbocycles. The number of carbonyl (C=O) groups excluding carboxylic acids is 2. The Kier molecular flexibility index (Phi) is 7.59. The lowest BCUT2D eigenvalue weighted by Gasteiger charge is -2.34. The lowest BCUT2D eigenvalue weighted by molar-refractivity contribution is 0.0726. The van der Waals surface area contributed by atoms with E-state index in [1.54, 1.807) is 11.8 Å². The minimum absolute atomic E-state index is 0.0539. The Morgan fingerprint density at radius 2 is 1.81 bits per heavy atom. The SMILES string of the molecule is CCOC(=O)N1CCN(c2nc(NC(C)(C)Cc3ccc(Cl)cc3)c3c(n2)C(=O)N(C(C)C)C3)CC1. The van der Waals surface area contributed by atoms with Crippen LogP contribution in [0.15, 0.2) is 24.3 Å². The number of rotatable bonds is 7. The molecule has 0 bridgehead atoms. The molecule has 1 aromatic heterocycles. The van der Waals surface area contributed by atoms with E-state index in [1.165, 1.54) is 0 Å². The fourth-order valence-electron chi connectivity index (χ4n) is 4.62. The van der Waals surface area contributed by atoms with Crippen molar-refractivity contribution in [2.45, 2.75) is 59.2 Å². The molecule has 0 saturated carbocycles. The summed E-state index contributed by atoms with van der Waals surface area (Å²) < 4.78 is 5.13. The highest BCUT2D eigenvalue weighted by molar-refractivity contribution is 6.30. The minimum Gasteiger partial charge on any atom is -0.450 e. The second-order valence-corrected chi connectivity index (χ2v) is 10.6. The number of ether oxygens (including phenoxy) is 1. The molecular formula is C26H35ClN6O3. The van der Waals surface area contributed by atoms with Crippen molar-refractivity contribution in [3.8, 4) is 0 Å². The molecule has 1 saturated heterocycles. The van der Waals surface area contributed by atoms with Crippen molar-refractivity contribution in [2.75, 3.05) is 43.0 Å². The number of nitrogens with zero attached hydrogens (tertiary/aromatic N) is 5. The van der Waals surface area contributed by atoms with Crippen LogP contribution in [-0.2, 0) is 17.7 Å². The fourth-order valence-corrected chi connectivity index (χ4v) is 4.75. The summed E-state index contributed by atoms with van der Waals surface area (Å²) in [5.41, 5.74) is 2.08. The van der Waals surface area contributed by atoms with Crippen molar-refractivity contribution in [3.05, 3.63) is 46.1 Å². The zero-order chi connectivity index (χ0) is 26.0. The first-order chi connectivity index (χ1) is 17.1. The zero-order valence-corrected chi connectivity index (χ0v) is 22.4. The molecule has 3 heterocycles. The van der Waals surface area contributed by atoms with Gasteiger partial charge in [-0.05, 0) is 58.7 Å². The average molecular weight is 515 g/mol. The Morgan fingerprint density at radius 1 is 1.14 bits per heavy atom. The van der Waals surface area contributed by atoms with Crippen LogP contribution in [0.2, 0.25) is 5.02 Å². The predicted molar refractivity (Wildman–Crippen MR) is 141 cm³/mol. The van der Waals surface area contributed by atoms with Crippen molar-refractivity contribution in [3.63, 3.8) is 0 Å². The van der Waals surface area contributed by atoms with E-state index in [0.717, 1.165) is 17.5 Å². The summed E-state index contributed by atoms with van der Waals surface area (Å²) in [4.78, 5) is 40.5. The van der Waals surface area contributed by atoms with Gasteiger partial charge in [0.1, 0.15) is 11.5 Å². The number of amides is 2. The number of aromatic nitrogens is 2. The summed E-state index contributed by atoms with van der Waals surface area (Å²) in [5.74, 6) is 1.10. The monoisotopic (exact) mass is 514 g/mol. The molecule has 194 valence electrons. The van der Waals surface area contributed by atoms with Crippen molar-refractivity contribution < 1.29 is 14.3 Å². The number of piperazine rings is 1. The maximum absolute atomic E-state index is 13.2. The predicted octanol–water partition coefficient (Wildman–Crippen LogP) is 4.21. The number of hydrogen-bond acceptors (Lipinski definition) is 7. The standard InChI is InChI=1S/C26H35ClN6O3/c1-6-36-25(35)32-13-11-31(12-14-32)24-28-21-20(16-33(17(2)3)23(21)34)22(29-24)30-26(4,5)15-18-7-9-19(27)10-8-18/h7-10,17H,6,11-16H2,1-5H3,(H,28,29,30). The molecule has 1 N–H and O–H groups in total. The van der Waals surface area contributed by atoms with Gasteiger partial charge < -0.3 is 24.8 Å². The highest BCUT2D eigenvalue weighted by Crippen LogP contribution is 2.32. The number of anilines is 2. The Labute approximate surface area is 217 Å². The molecule has 2 aliphatic heterocycles. The molecule has 36 heavy (non-hydrogen) atoms. The van der Waals surface area contributed by atoms with Gasteiger partial charge in [-0.2, -0.15) is 4.98 Å². The van der Waals surface area contributed by atoms with Gasteiger partial charge in [0.2, 0.25) is 5.95 Å². The number of fused-ring (bicyclic) bond motifs is 1. The highest BCUT2D eigenvalue weighted by Gasteiger charge is 2.36. The lowest BCUT2D eigenvalue weighted by Crippen LogP contribution is -2.49. The number of benzene rings is 1. The van der Waals surface area contributed by atoms with E-state index in [2.05, 4.69) is 19.2 Å². The van der Waals surface area contributed by atoms with Gasteiger partial charge in [0.15, 0.2) is 0 Å². The molecule has 0 radical (unpaired) electrons. The molecule has 0 unspecified atom stereocenters. The number of nitrogens with one attached hydrogen (secondary N) is 1. The summed E-state index contributed by atoms with van der Waals surface area (Å²) in [7, 11) is 0. The maximum atomic E-state index is 13.2. The molecular weight excluding hydrogens is 480 g/mol. The largest absolute Gasteiger partial charge is 0.450 e. The third-order valence-corrected chi connectivity index (χ3v) is 6.77. The van der Waals surface area contributed by atoms with E-state index in [9.17, 15) is 9.59 Å². The maximum Gasteiger partial charge on any atom is 0.409 e. The first-order valence-electron chi connectivity index (χ1n) is 12.5. The van der Waals surface area contributed by atoms with Crippen LogP contribution in [-0.4, -0.2) is 76.1 Å². The molecule has 2 aromatic rings. The van der Waals surface area contributed by atoms with Crippen LogP contribution in [0.5, 0.6) is 0 Å². The number of halogens is 1. The molecule has 2 amide bonds. The van der Waals surface area contributed by atoms with E-state index < -0.39 is 0 Å². The molecule has 10 heteroatoms.